The molecule has 9 heteroatoms. The van der Waals surface area contributed by atoms with E-state index in [1.54, 1.807) is 18.3 Å². The zero-order valence-electron chi connectivity index (χ0n) is 14.0. The molecule has 3 aromatic heterocycles. The van der Waals surface area contributed by atoms with E-state index in [-0.39, 0.29) is 28.7 Å². The lowest BCUT2D eigenvalue weighted by atomic mass is 10.1. The first-order chi connectivity index (χ1) is 13.0. The molecule has 0 bridgehead atoms. The van der Waals surface area contributed by atoms with Crippen molar-refractivity contribution in [1.29, 1.82) is 0 Å². The Morgan fingerprint density at radius 1 is 1.07 bits per heavy atom. The second kappa shape index (κ2) is 6.88. The predicted molar refractivity (Wildman–Crippen MR) is 98.3 cm³/mol. The van der Waals surface area contributed by atoms with Crippen LogP contribution in [0.4, 0.5) is 14.6 Å². The molecule has 0 spiro atoms. The fourth-order valence-electron chi connectivity index (χ4n) is 2.68. The highest BCUT2D eigenvalue weighted by Crippen LogP contribution is 2.27. The van der Waals surface area contributed by atoms with Crippen LogP contribution in [0.3, 0.4) is 0 Å². The van der Waals surface area contributed by atoms with Crippen LogP contribution in [0.15, 0.2) is 42.9 Å². The molecule has 27 heavy (non-hydrogen) atoms. The fraction of sp³-hybridized carbons (Fsp3) is 0.111. The van der Waals surface area contributed by atoms with Gasteiger partial charge in [-0.05, 0) is 24.6 Å². The molecule has 0 amide bonds. The number of aromatic nitrogens is 5. The van der Waals surface area contributed by atoms with E-state index in [1.165, 1.54) is 18.3 Å². The molecule has 0 unspecified atom stereocenters. The normalized spacial score (nSPS) is 12.3. The first-order valence-electron chi connectivity index (χ1n) is 8.06. The second-order valence-corrected chi connectivity index (χ2v) is 6.29. The van der Waals surface area contributed by atoms with Crippen LogP contribution in [0.1, 0.15) is 18.5 Å². The maximum Gasteiger partial charge on any atom is 0.183 e. The molecular formula is C18H13ClF2N6. The highest BCUT2D eigenvalue weighted by atomic mass is 35.5. The van der Waals surface area contributed by atoms with E-state index >= 15 is 0 Å². The van der Waals surface area contributed by atoms with Crippen molar-refractivity contribution >= 4 is 28.6 Å². The Morgan fingerprint density at radius 3 is 2.63 bits per heavy atom. The number of H-pyrrole nitrogens is 1. The molecule has 0 fully saturated rings. The summed E-state index contributed by atoms with van der Waals surface area (Å²) in [6.45, 7) is 1.82. The average molecular weight is 387 g/mol. The molecule has 0 aliphatic heterocycles. The fourth-order valence-corrected chi connectivity index (χ4v) is 2.81. The molecule has 0 saturated heterocycles. The Balaban J connectivity index is 1.68. The van der Waals surface area contributed by atoms with Crippen molar-refractivity contribution in [2.75, 3.05) is 5.32 Å². The molecule has 2 N–H and O–H groups in total. The van der Waals surface area contributed by atoms with E-state index in [0.717, 1.165) is 11.8 Å². The largest absolute Gasteiger partial charge is 0.361 e. The van der Waals surface area contributed by atoms with Gasteiger partial charge in [0.2, 0.25) is 0 Å². The summed E-state index contributed by atoms with van der Waals surface area (Å²) in [5.41, 5.74) is 2.36. The van der Waals surface area contributed by atoms with Crippen molar-refractivity contribution in [3.05, 3.63) is 65.2 Å². The van der Waals surface area contributed by atoms with E-state index in [9.17, 15) is 8.78 Å². The number of rotatable bonds is 4. The summed E-state index contributed by atoms with van der Waals surface area (Å²) in [5, 5.41) is 3.22. The number of halogens is 3. The minimum absolute atomic E-state index is 0.0289. The minimum atomic E-state index is -0.600. The van der Waals surface area contributed by atoms with Crippen LogP contribution in [-0.4, -0.2) is 24.9 Å². The van der Waals surface area contributed by atoms with E-state index in [1.807, 2.05) is 6.92 Å². The third-order valence-corrected chi connectivity index (χ3v) is 4.24. The quantitative estimate of drug-likeness (QED) is 0.539. The predicted octanol–water partition coefficient (Wildman–Crippen LogP) is 4.52. The van der Waals surface area contributed by atoms with Crippen molar-refractivity contribution < 1.29 is 8.78 Å². The summed E-state index contributed by atoms with van der Waals surface area (Å²) < 4.78 is 27.3. The van der Waals surface area contributed by atoms with Crippen LogP contribution in [0, 0.1) is 11.6 Å². The van der Waals surface area contributed by atoms with Crippen LogP contribution in [0.5, 0.6) is 0 Å². The van der Waals surface area contributed by atoms with Gasteiger partial charge >= 0.3 is 0 Å². The maximum absolute atomic E-state index is 14.2. The van der Waals surface area contributed by atoms with Gasteiger partial charge in [0.1, 0.15) is 16.5 Å². The van der Waals surface area contributed by atoms with Crippen molar-refractivity contribution in [2.24, 2.45) is 0 Å². The Morgan fingerprint density at radius 2 is 1.85 bits per heavy atom. The van der Waals surface area contributed by atoms with Crippen molar-refractivity contribution in [3.63, 3.8) is 0 Å². The third kappa shape index (κ3) is 3.43. The van der Waals surface area contributed by atoms with Gasteiger partial charge in [0.25, 0.3) is 0 Å². The van der Waals surface area contributed by atoms with Gasteiger partial charge in [0.05, 0.1) is 24.0 Å². The smallest absolute Gasteiger partial charge is 0.183 e. The number of nitrogens with zero attached hydrogens (tertiary/aromatic N) is 4. The molecular weight excluding hydrogens is 374 g/mol. The monoisotopic (exact) mass is 386 g/mol. The molecule has 4 rings (SSSR count). The zero-order chi connectivity index (χ0) is 19.0. The van der Waals surface area contributed by atoms with Gasteiger partial charge in [-0.15, -0.1) is 0 Å². The summed E-state index contributed by atoms with van der Waals surface area (Å²) in [4.78, 5) is 19.6. The first-order valence-corrected chi connectivity index (χ1v) is 8.43. The highest BCUT2D eigenvalue weighted by Gasteiger charge is 2.16. The Kier molecular flexibility index (Phi) is 4.41. The molecule has 1 aromatic carbocycles. The number of benzene rings is 1. The number of fused-ring (bicyclic) bond motifs is 1. The maximum atomic E-state index is 14.2. The van der Waals surface area contributed by atoms with Crippen molar-refractivity contribution in [1.82, 2.24) is 24.9 Å². The van der Waals surface area contributed by atoms with Gasteiger partial charge in [0, 0.05) is 6.20 Å². The van der Waals surface area contributed by atoms with E-state index in [0.29, 0.717) is 16.7 Å². The SMILES string of the molecule is C[C@H](Nc1nc(-c2c[nH]c3ncc(Cl)nc23)ncc1F)c1ccc(F)cc1. The van der Waals surface area contributed by atoms with Gasteiger partial charge in [-0.3, -0.25) is 0 Å². The minimum Gasteiger partial charge on any atom is -0.361 e. The number of anilines is 1. The molecule has 1 atom stereocenters. The number of nitrogens with one attached hydrogen (secondary N) is 2. The standard InChI is InChI=1S/C18H13ClF2N6/c1-9(10-2-4-11(20)5-3-10)25-17-13(21)7-23-16(27-17)12-6-22-18-15(12)26-14(19)8-24-18/h2-9H,1H3,(H,22,24)(H,23,25,27)/t9-/m0/s1. The molecule has 3 heterocycles. The lowest BCUT2D eigenvalue weighted by Crippen LogP contribution is -2.10. The number of hydrogen-bond donors (Lipinski definition) is 2. The van der Waals surface area contributed by atoms with Crippen LogP contribution >= 0.6 is 11.6 Å². The van der Waals surface area contributed by atoms with Gasteiger partial charge in [-0.2, -0.15) is 0 Å². The zero-order valence-corrected chi connectivity index (χ0v) is 14.8. The summed E-state index contributed by atoms with van der Waals surface area (Å²) >= 11 is 5.91. The Hall–Kier alpha value is -3.13. The lowest BCUT2D eigenvalue weighted by Gasteiger charge is -2.15. The van der Waals surface area contributed by atoms with Gasteiger partial charge < -0.3 is 10.3 Å². The van der Waals surface area contributed by atoms with E-state index < -0.39 is 5.82 Å². The Bertz CT molecular complexity index is 1110. The summed E-state index contributed by atoms with van der Waals surface area (Å²) in [6.07, 6.45) is 4.15. The Labute approximate surface area is 157 Å². The molecule has 136 valence electrons. The van der Waals surface area contributed by atoms with Crippen molar-refractivity contribution in [3.8, 4) is 11.4 Å². The molecule has 4 aromatic rings. The number of hydrogen-bond acceptors (Lipinski definition) is 5. The van der Waals surface area contributed by atoms with E-state index in [2.05, 4.69) is 30.2 Å². The first kappa shape index (κ1) is 17.3. The average Bonchev–Trinajstić information content (AvgIpc) is 3.07. The third-order valence-electron chi connectivity index (χ3n) is 4.06. The molecule has 0 saturated carbocycles. The van der Waals surface area contributed by atoms with Gasteiger partial charge in [0.15, 0.2) is 23.1 Å². The molecule has 0 radical (unpaired) electrons. The van der Waals surface area contributed by atoms with Gasteiger partial charge in [-0.25, -0.2) is 28.7 Å². The lowest BCUT2D eigenvalue weighted by molar-refractivity contribution is 0.613. The second-order valence-electron chi connectivity index (χ2n) is 5.90. The van der Waals surface area contributed by atoms with E-state index in [4.69, 9.17) is 11.6 Å². The van der Waals surface area contributed by atoms with Crippen LogP contribution in [0.25, 0.3) is 22.6 Å². The van der Waals surface area contributed by atoms with Gasteiger partial charge in [-0.1, -0.05) is 23.7 Å². The van der Waals surface area contributed by atoms with Crippen LogP contribution < -0.4 is 5.32 Å². The van der Waals surface area contributed by atoms with Crippen LogP contribution in [0.2, 0.25) is 5.15 Å². The highest BCUT2D eigenvalue weighted by molar-refractivity contribution is 6.29. The topological polar surface area (TPSA) is 79.4 Å². The van der Waals surface area contributed by atoms with Crippen LogP contribution in [-0.2, 0) is 0 Å². The molecule has 6 nitrogen and oxygen atoms in total. The summed E-state index contributed by atoms with van der Waals surface area (Å²) in [6, 6.07) is 5.67. The summed E-state index contributed by atoms with van der Waals surface area (Å²) in [5.74, 6) is -0.633. The summed E-state index contributed by atoms with van der Waals surface area (Å²) in [7, 11) is 0. The van der Waals surface area contributed by atoms with Crippen molar-refractivity contribution in [2.45, 2.75) is 13.0 Å². The number of aromatic amines is 1. The molecule has 0 aliphatic rings. The molecule has 0 aliphatic carbocycles.